The van der Waals surface area contributed by atoms with Crippen LogP contribution in [-0.2, 0) is 14.8 Å². The Balaban J connectivity index is 2.55. The van der Waals surface area contributed by atoms with Gasteiger partial charge in [-0.1, -0.05) is 20.8 Å². The molecule has 1 rings (SSSR count). The molecule has 0 aliphatic rings. The largest absolute Gasteiger partial charge is 0.497 e. The van der Waals surface area contributed by atoms with Crippen LogP contribution in [0.25, 0.3) is 0 Å². The summed E-state index contributed by atoms with van der Waals surface area (Å²) in [5.41, 5.74) is 0. The Labute approximate surface area is 149 Å². The maximum absolute atomic E-state index is 12.4. The Morgan fingerprint density at radius 2 is 1.83 bits per heavy atom. The van der Waals surface area contributed by atoms with E-state index in [0.29, 0.717) is 12.3 Å². The highest BCUT2D eigenvalue weighted by Gasteiger charge is 2.22. The van der Waals surface area contributed by atoms with Crippen molar-refractivity contribution in [3.05, 3.63) is 24.3 Å². The summed E-state index contributed by atoms with van der Waals surface area (Å²) in [7, 11) is -0.797. The van der Waals surface area contributed by atoms with Crippen molar-refractivity contribution in [2.75, 3.05) is 33.0 Å². The number of thioether (sulfide) groups is 1. The van der Waals surface area contributed by atoms with Crippen LogP contribution in [0.4, 0.5) is 0 Å². The highest BCUT2D eigenvalue weighted by Crippen LogP contribution is 2.22. The molecule has 0 atom stereocenters. The first kappa shape index (κ1) is 20.8. The lowest BCUT2D eigenvalue weighted by molar-refractivity contribution is -0.121. The number of hydrogen-bond acceptors (Lipinski definition) is 5. The fourth-order valence-corrected chi connectivity index (χ4v) is 3.76. The van der Waals surface area contributed by atoms with Crippen molar-refractivity contribution in [1.82, 2.24) is 9.62 Å². The summed E-state index contributed by atoms with van der Waals surface area (Å²) < 4.78 is 31.1. The van der Waals surface area contributed by atoms with Crippen molar-refractivity contribution in [2.45, 2.75) is 30.4 Å². The van der Waals surface area contributed by atoms with Gasteiger partial charge in [-0.3, -0.25) is 4.79 Å². The highest BCUT2D eigenvalue weighted by molar-refractivity contribution is 8.00. The minimum Gasteiger partial charge on any atom is -0.497 e. The Bertz CT molecular complexity index is 637. The molecule has 1 amide bonds. The van der Waals surface area contributed by atoms with Gasteiger partial charge >= 0.3 is 0 Å². The van der Waals surface area contributed by atoms with Crippen molar-refractivity contribution < 1.29 is 17.9 Å². The molecule has 1 N–H and O–H groups in total. The van der Waals surface area contributed by atoms with Gasteiger partial charge in [-0.25, -0.2) is 8.42 Å². The molecule has 1 aromatic rings. The molecule has 6 nitrogen and oxygen atoms in total. The number of nitrogens with zero attached hydrogens (tertiary/aromatic N) is 1. The zero-order valence-electron chi connectivity index (χ0n) is 14.8. The number of ether oxygens (including phenoxy) is 1. The molecule has 0 aromatic heterocycles. The molecule has 0 saturated heterocycles. The van der Waals surface area contributed by atoms with Crippen LogP contribution in [0.3, 0.4) is 0 Å². The van der Waals surface area contributed by atoms with Crippen molar-refractivity contribution in [2.24, 2.45) is 0 Å². The summed E-state index contributed by atoms with van der Waals surface area (Å²) in [6.45, 7) is 6.61. The SMILES string of the molecule is COc1ccc(S(=O)(=O)N(C)CC(=O)NCCSC(C)(C)C)cc1. The zero-order valence-corrected chi connectivity index (χ0v) is 16.5. The van der Waals surface area contributed by atoms with Crippen LogP contribution in [0.1, 0.15) is 20.8 Å². The predicted octanol–water partition coefficient (Wildman–Crippen LogP) is 1.96. The van der Waals surface area contributed by atoms with Gasteiger partial charge in [-0.05, 0) is 24.3 Å². The molecular weight excluding hydrogens is 348 g/mol. The Hall–Kier alpha value is -1.25. The van der Waals surface area contributed by atoms with E-state index in [0.717, 1.165) is 10.1 Å². The van der Waals surface area contributed by atoms with Crippen molar-refractivity contribution >= 4 is 27.7 Å². The zero-order chi connectivity index (χ0) is 18.4. The normalized spacial score (nSPS) is 12.2. The molecule has 8 heteroatoms. The summed E-state index contributed by atoms with van der Waals surface area (Å²) in [5.74, 6) is 1.04. The Kier molecular flexibility index (Phi) is 7.56. The van der Waals surface area contributed by atoms with E-state index in [1.54, 1.807) is 23.9 Å². The van der Waals surface area contributed by atoms with Gasteiger partial charge in [0.15, 0.2) is 0 Å². The van der Waals surface area contributed by atoms with Gasteiger partial charge in [-0.15, -0.1) is 0 Å². The average Bonchev–Trinajstić information content (AvgIpc) is 2.50. The molecule has 136 valence electrons. The van der Waals surface area contributed by atoms with E-state index in [9.17, 15) is 13.2 Å². The summed E-state index contributed by atoms with van der Waals surface area (Å²) in [5, 5.41) is 2.74. The first-order chi connectivity index (χ1) is 11.1. The first-order valence-corrected chi connectivity index (χ1v) is 10.00. The third-order valence-electron chi connectivity index (χ3n) is 3.09. The summed E-state index contributed by atoms with van der Waals surface area (Å²) in [6.07, 6.45) is 0. The molecule has 0 bridgehead atoms. The summed E-state index contributed by atoms with van der Waals surface area (Å²) >= 11 is 1.74. The van der Waals surface area contributed by atoms with Gasteiger partial charge in [0.05, 0.1) is 18.6 Å². The average molecular weight is 375 g/mol. The second kappa shape index (κ2) is 8.73. The van der Waals surface area contributed by atoms with Crippen LogP contribution in [0.2, 0.25) is 0 Å². The minimum atomic E-state index is -3.70. The Morgan fingerprint density at radius 1 is 1.25 bits per heavy atom. The van der Waals surface area contributed by atoms with Crippen LogP contribution >= 0.6 is 11.8 Å². The number of amides is 1. The number of nitrogens with one attached hydrogen (secondary N) is 1. The molecule has 0 spiro atoms. The topological polar surface area (TPSA) is 75.7 Å². The quantitative estimate of drug-likeness (QED) is 0.704. The van der Waals surface area contributed by atoms with Gasteiger partial charge in [0.2, 0.25) is 15.9 Å². The molecule has 0 saturated carbocycles. The second-order valence-corrected chi connectivity index (χ2v) is 10.2. The third-order valence-corrected chi connectivity index (χ3v) is 6.19. The maximum Gasteiger partial charge on any atom is 0.243 e. The van der Waals surface area contributed by atoms with Gasteiger partial charge in [0.1, 0.15) is 5.75 Å². The van der Waals surface area contributed by atoms with Gasteiger partial charge < -0.3 is 10.1 Å². The van der Waals surface area contributed by atoms with Crippen LogP contribution in [-0.4, -0.2) is 56.4 Å². The highest BCUT2D eigenvalue weighted by atomic mass is 32.2. The van der Waals surface area contributed by atoms with E-state index < -0.39 is 10.0 Å². The van der Waals surface area contributed by atoms with Crippen molar-refractivity contribution in [1.29, 1.82) is 0 Å². The molecule has 24 heavy (non-hydrogen) atoms. The fraction of sp³-hybridized carbons (Fsp3) is 0.562. The van der Waals surface area contributed by atoms with E-state index in [1.807, 2.05) is 0 Å². The molecule has 0 aliphatic heterocycles. The molecule has 0 radical (unpaired) electrons. The molecule has 1 aromatic carbocycles. The standard InChI is InChI=1S/C16H26N2O4S2/c1-16(2,3)23-11-10-17-15(19)12-18(4)24(20,21)14-8-6-13(22-5)7-9-14/h6-9H,10-12H2,1-5H3,(H,17,19). The smallest absolute Gasteiger partial charge is 0.243 e. The van der Waals surface area contributed by atoms with E-state index in [-0.39, 0.29) is 22.1 Å². The number of hydrogen-bond donors (Lipinski definition) is 1. The number of benzene rings is 1. The monoisotopic (exact) mass is 374 g/mol. The molecule has 0 heterocycles. The number of methoxy groups -OCH3 is 1. The van der Waals surface area contributed by atoms with Crippen molar-refractivity contribution in [3.8, 4) is 5.75 Å². The van der Waals surface area contributed by atoms with Crippen molar-refractivity contribution in [3.63, 3.8) is 0 Å². The van der Waals surface area contributed by atoms with Crippen LogP contribution < -0.4 is 10.1 Å². The number of rotatable bonds is 8. The molecule has 0 fully saturated rings. The maximum atomic E-state index is 12.4. The van der Waals surface area contributed by atoms with Gasteiger partial charge in [-0.2, -0.15) is 16.1 Å². The van der Waals surface area contributed by atoms with E-state index in [2.05, 4.69) is 26.1 Å². The molecule has 0 aliphatic carbocycles. The summed E-state index contributed by atoms with van der Waals surface area (Å²) in [6, 6.07) is 6.07. The number of carbonyl (C=O) groups excluding carboxylic acids is 1. The lowest BCUT2D eigenvalue weighted by Crippen LogP contribution is -2.39. The molecular formula is C16H26N2O4S2. The van der Waals surface area contributed by atoms with E-state index >= 15 is 0 Å². The Morgan fingerprint density at radius 3 is 2.33 bits per heavy atom. The van der Waals surface area contributed by atoms with Gasteiger partial charge in [0.25, 0.3) is 0 Å². The lowest BCUT2D eigenvalue weighted by atomic mass is 10.3. The number of sulfonamides is 1. The lowest BCUT2D eigenvalue weighted by Gasteiger charge is -2.19. The third kappa shape index (κ3) is 6.70. The minimum absolute atomic E-state index is 0.127. The fourth-order valence-electron chi connectivity index (χ4n) is 1.82. The molecule has 0 unspecified atom stereocenters. The van der Waals surface area contributed by atoms with Crippen LogP contribution in [0.15, 0.2) is 29.2 Å². The van der Waals surface area contributed by atoms with Gasteiger partial charge in [0, 0.05) is 24.1 Å². The van der Waals surface area contributed by atoms with Crippen LogP contribution in [0.5, 0.6) is 5.75 Å². The summed E-state index contributed by atoms with van der Waals surface area (Å²) in [4.78, 5) is 12.0. The van der Waals surface area contributed by atoms with E-state index in [4.69, 9.17) is 4.74 Å². The number of likely N-dealkylation sites (N-methyl/N-ethyl adjacent to an activating group) is 1. The first-order valence-electron chi connectivity index (χ1n) is 7.57. The van der Waals surface area contributed by atoms with E-state index in [1.165, 1.54) is 26.3 Å². The van der Waals surface area contributed by atoms with Crippen LogP contribution in [0, 0.1) is 0 Å². The predicted molar refractivity (Wildman–Crippen MR) is 98.0 cm³/mol. The number of carbonyl (C=O) groups is 1. The second-order valence-electron chi connectivity index (χ2n) is 6.25.